The average Bonchev–Trinajstić information content (AvgIpc) is 2.98. The molecule has 4 rings (SSSR count). The fourth-order valence-electron chi connectivity index (χ4n) is 3.28. The number of hydrogen-bond donors (Lipinski definition) is 2. The van der Waals surface area contributed by atoms with Gasteiger partial charge in [-0.2, -0.15) is 5.10 Å². The molecule has 6 nitrogen and oxygen atoms in total. The van der Waals surface area contributed by atoms with Crippen LogP contribution in [0, 0.1) is 5.82 Å². The Hall–Kier alpha value is -2.54. The molecule has 1 aliphatic heterocycles. The molecule has 0 aromatic carbocycles. The summed E-state index contributed by atoms with van der Waals surface area (Å²) >= 11 is 0. The smallest absolute Gasteiger partial charge is 0.181 e. The Balaban J connectivity index is 0.00000182. The highest BCUT2D eigenvalue weighted by Gasteiger charge is 2.28. The van der Waals surface area contributed by atoms with Gasteiger partial charge in [0.2, 0.25) is 0 Å². The Kier molecular flexibility index (Phi) is 3.45. The van der Waals surface area contributed by atoms with Crippen LogP contribution in [0.1, 0.15) is 21.2 Å². The first kappa shape index (κ1) is 15.0. The van der Waals surface area contributed by atoms with Crippen LogP contribution in [0.25, 0.3) is 22.4 Å². The van der Waals surface area contributed by atoms with Crippen molar-refractivity contribution in [2.24, 2.45) is 5.73 Å². The predicted octanol–water partition coefficient (Wildman–Crippen LogP) is 2.72. The maximum Gasteiger partial charge on any atom is 0.181 e. The molecule has 4 heterocycles. The summed E-state index contributed by atoms with van der Waals surface area (Å²) in [5.41, 5.74) is 7.37. The molecular formula is C17H21FN6. The number of nitrogens with one attached hydrogen (secondary N) is 1. The quantitative estimate of drug-likeness (QED) is 0.756. The summed E-state index contributed by atoms with van der Waals surface area (Å²) in [6.45, 7) is 3.62. The summed E-state index contributed by atoms with van der Waals surface area (Å²) in [5.74, 6) is 0.343. The van der Waals surface area contributed by atoms with Crippen molar-refractivity contribution in [1.29, 1.82) is 0 Å². The van der Waals surface area contributed by atoms with Crippen molar-refractivity contribution in [1.82, 2.24) is 20.2 Å². The number of nitrogens with zero attached hydrogens (tertiary/aromatic N) is 4. The van der Waals surface area contributed by atoms with Gasteiger partial charge in [-0.1, -0.05) is 0 Å². The van der Waals surface area contributed by atoms with Crippen LogP contribution in [-0.4, -0.2) is 38.8 Å². The molecule has 1 atom stereocenters. The Bertz CT molecular complexity index is 894. The molecule has 1 saturated heterocycles. The van der Waals surface area contributed by atoms with E-state index in [9.17, 15) is 4.39 Å². The van der Waals surface area contributed by atoms with Gasteiger partial charge in [0.1, 0.15) is 11.5 Å². The van der Waals surface area contributed by atoms with Crippen molar-refractivity contribution in [3.05, 3.63) is 36.3 Å². The molecule has 0 saturated carbocycles. The molecule has 3 N–H and O–H groups in total. The number of H-pyrrole nitrogens is 1. The van der Waals surface area contributed by atoms with E-state index in [2.05, 4.69) is 25.1 Å². The van der Waals surface area contributed by atoms with E-state index < -0.39 is 0 Å². The minimum Gasteiger partial charge on any atom is -0.355 e. The number of halogens is 1. The number of piperidine rings is 1. The van der Waals surface area contributed by atoms with Gasteiger partial charge in [-0.15, -0.1) is 0 Å². The topological polar surface area (TPSA) is 83.7 Å². The van der Waals surface area contributed by atoms with E-state index in [0.29, 0.717) is 17.9 Å². The molecule has 3 aromatic heterocycles. The van der Waals surface area contributed by atoms with Crippen molar-refractivity contribution in [3.8, 4) is 11.4 Å². The molecule has 1 aliphatic rings. The fraction of sp³-hybridized carbons (Fsp3) is 0.353. The van der Waals surface area contributed by atoms with Crippen molar-refractivity contribution in [2.75, 3.05) is 18.0 Å². The minimum atomic E-state index is -0.388. The van der Waals surface area contributed by atoms with Crippen LogP contribution in [-0.2, 0) is 0 Å². The third-order valence-corrected chi connectivity index (χ3v) is 4.45. The van der Waals surface area contributed by atoms with Gasteiger partial charge in [-0.05, 0) is 44.0 Å². The summed E-state index contributed by atoms with van der Waals surface area (Å²) in [7, 11) is 0. The first-order valence-corrected chi connectivity index (χ1v) is 8.03. The third-order valence-electron chi connectivity index (χ3n) is 4.45. The number of aromatic amines is 1. The lowest BCUT2D eigenvalue weighted by molar-refractivity contribution is 0.373. The molecule has 0 radical (unpaired) electrons. The SMILES string of the molecule is CC1(N)CCCN(c2ccc(F)c(-c3[nH]nc4ncccc34)n2)C1.[HH]. The van der Waals surface area contributed by atoms with E-state index in [1.807, 2.05) is 13.0 Å². The first-order valence-electron chi connectivity index (χ1n) is 8.03. The van der Waals surface area contributed by atoms with E-state index in [1.54, 1.807) is 18.3 Å². The summed E-state index contributed by atoms with van der Waals surface area (Å²) in [6.07, 6.45) is 3.63. The summed E-state index contributed by atoms with van der Waals surface area (Å²) < 4.78 is 14.4. The molecule has 0 amide bonds. The van der Waals surface area contributed by atoms with Crippen LogP contribution in [0.15, 0.2) is 30.5 Å². The molecule has 3 aromatic rings. The van der Waals surface area contributed by atoms with Gasteiger partial charge in [-0.25, -0.2) is 14.4 Å². The number of nitrogens with two attached hydrogens (primary N) is 1. The molecule has 126 valence electrons. The van der Waals surface area contributed by atoms with Crippen LogP contribution in [0.3, 0.4) is 0 Å². The lowest BCUT2D eigenvalue weighted by Gasteiger charge is -2.38. The van der Waals surface area contributed by atoms with Crippen LogP contribution in [0.2, 0.25) is 0 Å². The lowest BCUT2D eigenvalue weighted by atomic mass is 9.92. The highest BCUT2D eigenvalue weighted by molar-refractivity contribution is 5.89. The number of rotatable bonds is 2. The zero-order valence-corrected chi connectivity index (χ0v) is 13.5. The highest BCUT2D eigenvalue weighted by atomic mass is 19.1. The third kappa shape index (κ3) is 2.60. The molecular weight excluding hydrogens is 307 g/mol. The second-order valence-electron chi connectivity index (χ2n) is 6.65. The van der Waals surface area contributed by atoms with E-state index in [-0.39, 0.29) is 18.5 Å². The van der Waals surface area contributed by atoms with Crippen LogP contribution in [0.5, 0.6) is 0 Å². The molecule has 24 heavy (non-hydrogen) atoms. The van der Waals surface area contributed by atoms with Gasteiger partial charge >= 0.3 is 0 Å². The number of fused-ring (bicyclic) bond motifs is 1. The molecule has 1 fully saturated rings. The normalized spacial score (nSPS) is 21.4. The Morgan fingerprint density at radius 3 is 3.08 bits per heavy atom. The van der Waals surface area contributed by atoms with Gasteiger partial charge in [0.15, 0.2) is 11.5 Å². The number of anilines is 1. The van der Waals surface area contributed by atoms with Gasteiger partial charge in [-0.3, -0.25) is 5.10 Å². The Morgan fingerprint density at radius 2 is 2.25 bits per heavy atom. The fourth-order valence-corrected chi connectivity index (χ4v) is 3.28. The number of pyridine rings is 2. The first-order chi connectivity index (χ1) is 11.5. The highest BCUT2D eigenvalue weighted by Crippen LogP contribution is 2.29. The maximum absolute atomic E-state index is 14.4. The van der Waals surface area contributed by atoms with Gasteiger partial charge < -0.3 is 10.6 Å². The zero-order valence-electron chi connectivity index (χ0n) is 13.5. The minimum absolute atomic E-state index is 0. The standard InChI is InChI=1S/C17H19FN6.H2/c1-17(19)7-3-9-24(10-17)13-6-5-12(18)15(21-13)14-11-4-2-8-20-16(11)23-22-14;/h2,4-6,8H,3,7,9-10,19H2,1H3,(H,20,22,23);1H. The van der Waals surface area contributed by atoms with Gasteiger partial charge in [0.25, 0.3) is 0 Å². The maximum atomic E-state index is 14.4. The summed E-state index contributed by atoms with van der Waals surface area (Å²) in [4.78, 5) is 10.8. The van der Waals surface area contributed by atoms with Gasteiger partial charge in [0, 0.05) is 31.6 Å². The zero-order chi connectivity index (χ0) is 16.7. The average molecular weight is 328 g/mol. The second-order valence-corrected chi connectivity index (χ2v) is 6.65. The van der Waals surface area contributed by atoms with Crippen molar-refractivity contribution in [3.63, 3.8) is 0 Å². The van der Waals surface area contributed by atoms with Crippen molar-refractivity contribution < 1.29 is 5.82 Å². The van der Waals surface area contributed by atoms with Crippen LogP contribution < -0.4 is 10.6 Å². The molecule has 1 unspecified atom stereocenters. The van der Waals surface area contributed by atoms with Gasteiger partial charge in [0.05, 0.1) is 5.69 Å². The molecule has 0 bridgehead atoms. The largest absolute Gasteiger partial charge is 0.355 e. The Labute approximate surface area is 140 Å². The van der Waals surface area contributed by atoms with E-state index in [4.69, 9.17) is 5.73 Å². The van der Waals surface area contributed by atoms with E-state index in [0.717, 1.165) is 30.6 Å². The number of aromatic nitrogens is 4. The van der Waals surface area contributed by atoms with Crippen molar-refractivity contribution >= 4 is 16.9 Å². The van der Waals surface area contributed by atoms with Crippen LogP contribution in [0.4, 0.5) is 10.2 Å². The van der Waals surface area contributed by atoms with Crippen molar-refractivity contribution in [2.45, 2.75) is 25.3 Å². The molecule has 0 aliphatic carbocycles. The number of hydrogen-bond acceptors (Lipinski definition) is 5. The monoisotopic (exact) mass is 328 g/mol. The summed E-state index contributed by atoms with van der Waals surface area (Å²) in [6, 6.07) is 6.81. The van der Waals surface area contributed by atoms with Crippen LogP contribution >= 0.6 is 0 Å². The lowest BCUT2D eigenvalue weighted by Crippen LogP contribution is -2.52. The van der Waals surface area contributed by atoms with E-state index >= 15 is 0 Å². The second kappa shape index (κ2) is 5.52. The molecule has 0 spiro atoms. The van der Waals surface area contributed by atoms with E-state index in [1.165, 1.54) is 6.07 Å². The molecule has 7 heteroatoms. The summed E-state index contributed by atoms with van der Waals surface area (Å²) in [5, 5.41) is 7.74. The predicted molar refractivity (Wildman–Crippen MR) is 93.2 cm³/mol. The Morgan fingerprint density at radius 1 is 1.38 bits per heavy atom.